The molecule has 0 unspecified atom stereocenters. The molecule has 0 spiro atoms. The first-order chi connectivity index (χ1) is 16.5. The zero-order valence-electron chi connectivity index (χ0n) is 18.7. The smallest absolute Gasteiger partial charge is 0.236 e. The maximum atomic E-state index is 13.1. The van der Waals surface area contributed by atoms with Crippen LogP contribution in [-0.4, -0.2) is 39.7 Å². The summed E-state index contributed by atoms with van der Waals surface area (Å²) in [6, 6.07) is 11.6. The van der Waals surface area contributed by atoms with Crippen molar-refractivity contribution in [3.05, 3.63) is 64.9 Å². The van der Waals surface area contributed by atoms with Gasteiger partial charge in [-0.1, -0.05) is 18.5 Å². The number of halogens is 1. The van der Waals surface area contributed by atoms with Crippen molar-refractivity contribution in [3.63, 3.8) is 0 Å². The Kier molecular flexibility index (Phi) is 8.16. The Balaban J connectivity index is 1.77. The van der Waals surface area contributed by atoms with Crippen LogP contribution < -0.4 is 14.2 Å². The number of benzene rings is 2. The van der Waals surface area contributed by atoms with Crippen molar-refractivity contribution in [2.45, 2.75) is 29.7 Å². The lowest BCUT2D eigenvalue weighted by molar-refractivity contribution is 0.301. The lowest BCUT2D eigenvalue weighted by Crippen LogP contribution is -2.13. The molecular formula is C22H21ClN4O6S2. The Morgan fingerprint density at radius 2 is 1.77 bits per heavy atom. The van der Waals surface area contributed by atoms with E-state index in [2.05, 4.69) is 14.7 Å². The van der Waals surface area contributed by atoms with E-state index < -0.39 is 19.9 Å². The van der Waals surface area contributed by atoms with Crippen molar-refractivity contribution in [1.29, 1.82) is 5.26 Å². The summed E-state index contributed by atoms with van der Waals surface area (Å²) in [6.07, 6.45) is 3.07. The lowest BCUT2D eigenvalue weighted by Gasteiger charge is -2.12. The fourth-order valence-corrected chi connectivity index (χ4v) is 4.94. The van der Waals surface area contributed by atoms with Gasteiger partial charge in [0.25, 0.3) is 0 Å². The molecule has 1 aromatic heterocycles. The quantitative estimate of drug-likeness (QED) is 0.410. The third-order valence-electron chi connectivity index (χ3n) is 4.41. The highest BCUT2D eigenvalue weighted by molar-refractivity contribution is 7.92. The van der Waals surface area contributed by atoms with Gasteiger partial charge in [-0.3, -0.25) is 4.72 Å². The molecule has 0 saturated carbocycles. The molecule has 0 amide bonds. The SMILES string of the molecule is CCCOc1c(Cl)cc(S(=O)(=O)c2ccc(OCc3ccnc(NS(C)(=O)=O)n3)cc2)cc1C#N. The molecule has 0 aliphatic heterocycles. The fraction of sp³-hybridized carbons (Fsp3) is 0.227. The van der Waals surface area contributed by atoms with Gasteiger partial charge in [-0.25, -0.2) is 26.8 Å². The molecule has 3 aromatic rings. The van der Waals surface area contributed by atoms with E-state index in [0.29, 0.717) is 24.5 Å². The maximum Gasteiger partial charge on any atom is 0.236 e. The first-order valence-electron chi connectivity index (χ1n) is 10.2. The monoisotopic (exact) mass is 536 g/mol. The van der Waals surface area contributed by atoms with Crippen molar-refractivity contribution in [1.82, 2.24) is 9.97 Å². The Hall–Kier alpha value is -3.40. The van der Waals surface area contributed by atoms with Gasteiger partial charge >= 0.3 is 0 Å². The Labute approximate surface area is 208 Å². The maximum absolute atomic E-state index is 13.1. The predicted octanol–water partition coefficient (Wildman–Crippen LogP) is 3.57. The molecule has 0 aliphatic rings. The molecule has 3 rings (SSSR count). The topological polar surface area (TPSA) is 148 Å². The number of nitriles is 1. The fourth-order valence-electron chi connectivity index (χ4n) is 2.86. The highest BCUT2D eigenvalue weighted by Gasteiger charge is 2.22. The molecule has 0 radical (unpaired) electrons. The number of aromatic nitrogens is 2. The van der Waals surface area contributed by atoms with E-state index in [0.717, 1.165) is 6.26 Å². The van der Waals surface area contributed by atoms with Crippen LogP contribution in [0.25, 0.3) is 0 Å². The number of ether oxygens (including phenoxy) is 2. The van der Waals surface area contributed by atoms with Gasteiger partial charge in [0.2, 0.25) is 25.8 Å². The minimum atomic E-state index is -3.97. The predicted molar refractivity (Wildman–Crippen MR) is 129 cm³/mol. The van der Waals surface area contributed by atoms with Crippen molar-refractivity contribution in [3.8, 4) is 17.6 Å². The third-order valence-corrected chi connectivity index (χ3v) is 6.99. The van der Waals surface area contributed by atoms with Crippen LogP contribution >= 0.6 is 11.6 Å². The van der Waals surface area contributed by atoms with E-state index in [-0.39, 0.29) is 38.7 Å². The van der Waals surface area contributed by atoms with Crippen LogP contribution in [0.2, 0.25) is 5.02 Å². The summed E-state index contributed by atoms with van der Waals surface area (Å²) in [4.78, 5) is 7.72. The molecule has 1 N–H and O–H groups in total. The summed E-state index contributed by atoms with van der Waals surface area (Å²) in [5.74, 6) is 0.425. The summed E-state index contributed by atoms with van der Waals surface area (Å²) in [6.45, 7) is 2.23. The van der Waals surface area contributed by atoms with Gasteiger partial charge in [-0.15, -0.1) is 0 Å². The highest BCUT2D eigenvalue weighted by Crippen LogP contribution is 2.34. The van der Waals surface area contributed by atoms with Gasteiger partial charge in [0, 0.05) is 6.20 Å². The van der Waals surface area contributed by atoms with E-state index in [4.69, 9.17) is 21.1 Å². The van der Waals surface area contributed by atoms with Crippen LogP contribution in [0.15, 0.2) is 58.5 Å². The molecule has 10 nitrogen and oxygen atoms in total. The van der Waals surface area contributed by atoms with Crippen LogP contribution in [-0.2, 0) is 26.5 Å². The first kappa shape index (κ1) is 26.2. The second-order valence-corrected chi connectivity index (χ2v) is 11.4. The van der Waals surface area contributed by atoms with Gasteiger partial charge < -0.3 is 9.47 Å². The Bertz CT molecular complexity index is 1470. The number of nitrogens with zero attached hydrogens (tertiary/aromatic N) is 3. The molecule has 0 saturated heterocycles. The van der Waals surface area contributed by atoms with Crippen molar-refractivity contribution < 1.29 is 26.3 Å². The van der Waals surface area contributed by atoms with Gasteiger partial charge in [0.15, 0.2) is 5.75 Å². The summed E-state index contributed by atoms with van der Waals surface area (Å²) in [7, 11) is -7.49. The first-order valence-corrected chi connectivity index (χ1v) is 13.9. The van der Waals surface area contributed by atoms with Gasteiger partial charge in [-0.05, 0) is 48.9 Å². The number of hydrogen-bond acceptors (Lipinski definition) is 9. The molecule has 0 aliphatic carbocycles. The molecule has 1 heterocycles. The van der Waals surface area contributed by atoms with E-state index in [1.165, 1.54) is 42.6 Å². The van der Waals surface area contributed by atoms with Crippen LogP contribution in [0, 0.1) is 11.3 Å². The van der Waals surface area contributed by atoms with E-state index >= 15 is 0 Å². The summed E-state index contributed by atoms with van der Waals surface area (Å²) < 4.78 is 62.1. The number of sulfonamides is 1. The number of sulfone groups is 1. The standard InChI is InChI=1S/C22H21ClN4O6S2/c1-3-10-32-21-15(13-24)11-19(12-20(21)23)35(30,31)18-6-4-17(5-7-18)33-14-16-8-9-25-22(26-16)27-34(2,28)29/h4-9,11-12H,3,10,14H2,1-2H3,(H,25,26,27). The second-order valence-electron chi connectivity index (χ2n) is 7.25. The molecule has 0 bridgehead atoms. The summed E-state index contributed by atoms with van der Waals surface area (Å²) in [5, 5.41) is 9.46. The Morgan fingerprint density at radius 3 is 2.40 bits per heavy atom. The molecule has 184 valence electrons. The normalized spacial score (nSPS) is 11.5. The Morgan fingerprint density at radius 1 is 1.06 bits per heavy atom. The van der Waals surface area contributed by atoms with Crippen LogP contribution in [0.1, 0.15) is 24.6 Å². The molecule has 0 fully saturated rings. The molecule has 13 heteroatoms. The average molecular weight is 537 g/mol. The van der Waals surface area contributed by atoms with E-state index in [9.17, 15) is 22.1 Å². The van der Waals surface area contributed by atoms with Gasteiger partial charge in [0.1, 0.15) is 18.4 Å². The average Bonchev–Trinajstić information content (AvgIpc) is 2.81. The molecule has 35 heavy (non-hydrogen) atoms. The van der Waals surface area contributed by atoms with Gasteiger partial charge in [0.05, 0.1) is 38.9 Å². The zero-order chi connectivity index (χ0) is 25.6. The number of nitrogens with one attached hydrogen (secondary N) is 1. The third kappa shape index (κ3) is 6.82. The minimum absolute atomic E-state index is 0.00653. The lowest BCUT2D eigenvalue weighted by atomic mass is 10.2. The van der Waals surface area contributed by atoms with Crippen molar-refractivity contribution in [2.75, 3.05) is 17.6 Å². The molecule has 2 aromatic carbocycles. The molecule has 0 atom stereocenters. The minimum Gasteiger partial charge on any atom is -0.491 e. The molecular weight excluding hydrogens is 516 g/mol. The van der Waals surface area contributed by atoms with E-state index in [1.54, 1.807) is 6.07 Å². The number of hydrogen-bond donors (Lipinski definition) is 1. The number of rotatable bonds is 10. The van der Waals surface area contributed by atoms with E-state index in [1.807, 2.05) is 13.0 Å². The second kappa shape index (κ2) is 10.9. The summed E-state index contributed by atoms with van der Waals surface area (Å²) >= 11 is 6.20. The van der Waals surface area contributed by atoms with Crippen molar-refractivity contribution in [2.24, 2.45) is 0 Å². The van der Waals surface area contributed by atoms with Crippen LogP contribution in [0.3, 0.4) is 0 Å². The zero-order valence-corrected chi connectivity index (χ0v) is 21.1. The van der Waals surface area contributed by atoms with Gasteiger partial charge in [-0.2, -0.15) is 5.26 Å². The number of anilines is 1. The largest absolute Gasteiger partial charge is 0.491 e. The van der Waals surface area contributed by atoms with Crippen molar-refractivity contribution >= 4 is 37.4 Å². The van der Waals surface area contributed by atoms with Crippen LogP contribution in [0.4, 0.5) is 5.95 Å². The summed E-state index contributed by atoms with van der Waals surface area (Å²) in [5.41, 5.74) is 0.436. The van der Waals surface area contributed by atoms with Crippen LogP contribution in [0.5, 0.6) is 11.5 Å². The highest BCUT2D eigenvalue weighted by atomic mass is 35.5.